The number of hydrogen-bond donors (Lipinski definition) is 1. The average molecular weight is 373 g/mol. The molecule has 0 radical (unpaired) electrons. The minimum absolute atomic E-state index is 0.148. The third-order valence-electron chi connectivity index (χ3n) is 2.86. The summed E-state index contributed by atoms with van der Waals surface area (Å²) in [5.41, 5.74) is 1.43. The third-order valence-corrected chi connectivity index (χ3v) is 3.92. The highest BCUT2D eigenvalue weighted by Gasteiger charge is 2.14. The van der Waals surface area contributed by atoms with Crippen molar-refractivity contribution in [1.82, 2.24) is 5.32 Å². The van der Waals surface area contributed by atoms with Gasteiger partial charge in [0, 0.05) is 20.1 Å². The van der Waals surface area contributed by atoms with Crippen LogP contribution in [0.5, 0.6) is 0 Å². The Morgan fingerprint density at radius 1 is 1.20 bits per heavy atom. The first-order valence-corrected chi connectivity index (χ1v) is 7.53. The normalized spacial score (nSPS) is 12.0. The molecule has 0 aliphatic heterocycles. The van der Waals surface area contributed by atoms with Crippen LogP contribution in [0.2, 0.25) is 10.0 Å². The predicted octanol–water partition coefficient (Wildman–Crippen LogP) is 5.25. The van der Waals surface area contributed by atoms with Crippen molar-refractivity contribution >= 4 is 45.0 Å². The number of nitrogens with one attached hydrogen (secondary N) is 1. The van der Waals surface area contributed by atoms with Crippen molar-refractivity contribution in [1.29, 1.82) is 0 Å². The average Bonchev–Trinajstić information content (AvgIpc) is 2.38. The molecule has 0 saturated heterocycles. The molecule has 0 aromatic heterocycles. The minimum Gasteiger partial charge on any atom is -0.345 e. The number of carbonyl (C=O) groups is 1. The zero-order valence-corrected chi connectivity index (χ0v) is 13.8. The third kappa shape index (κ3) is 3.75. The van der Waals surface area contributed by atoms with Gasteiger partial charge in [0.15, 0.2) is 0 Å². The second kappa shape index (κ2) is 6.61. The van der Waals surface area contributed by atoms with Crippen molar-refractivity contribution in [3.8, 4) is 0 Å². The van der Waals surface area contributed by atoms with Crippen LogP contribution in [-0.2, 0) is 0 Å². The molecule has 0 fully saturated rings. The molecule has 5 heteroatoms. The molecule has 2 rings (SSSR count). The Labute approximate surface area is 136 Å². The van der Waals surface area contributed by atoms with E-state index in [0.717, 1.165) is 10.0 Å². The highest BCUT2D eigenvalue weighted by Crippen LogP contribution is 2.26. The number of benzene rings is 2. The summed E-state index contributed by atoms with van der Waals surface area (Å²) in [6.45, 7) is 1.88. The molecule has 1 amide bonds. The van der Waals surface area contributed by atoms with Gasteiger partial charge in [-0.15, -0.1) is 0 Å². The summed E-state index contributed by atoms with van der Waals surface area (Å²) in [4.78, 5) is 12.2. The van der Waals surface area contributed by atoms with E-state index < -0.39 is 0 Å². The van der Waals surface area contributed by atoms with Crippen LogP contribution in [0.1, 0.15) is 28.9 Å². The van der Waals surface area contributed by atoms with E-state index in [1.165, 1.54) is 0 Å². The number of carbonyl (C=O) groups excluding carboxylic acids is 1. The first-order chi connectivity index (χ1) is 9.47. The molecule has 104 valence electrons. The lowest BCUT2D eigenvalue weighted by Gasteiger charge is -2.16. The Kier molecular flexibility index (Phi) is 5.08. The van der Waals surface area contributed by atoms with E-state index in [-0.39, 0.29) is 11.9 Å². The van der Waals surface area contributed by atoms with Crippen LogP contribution in [-0.4, -0.2) is 5.91 Å². The molecular weight excluding hydrogens is 361 g/mol. The second-order valence-electron chi connectivity index (χ2n) is 4.37. The summed E-state index contributed by atoms with van der Waals surface area (Å²) >= 11 is 15.3. The van der Waals surface area contributed by atoms with Crippen molar-refractivity contribution in [2.75, 3.05) is 0 Å². The van der Waals surface area contributed by atoms with Gasteiger partial charge < -0.3 is 5.32 Å². The number of rotatable bonds is 3. The summed E-state index contributed by atoms with van der Waals surface area (Å²) in [7, 11) is 0. The molecule has 0 aliphatic rings. The lowest BCUT2D eigenvalue weighted by atomic mass is 10.1. The SMILES string of the molecule is CC(NC(=O)c1cccc(Br)c1)c1ccc(Cl)cc1Cl. The van der Waals surface area contributed by atoms with E-state index in [0.29, 0.717) is 15.6 Å². The van der Waals surface area contributed by atoms with Gasteiger partial charge in [-0.3, -0.25) is 4.79 Å². The van der Waals surface area contributed by atoms with Crippen molar-refractivity contribution in [2.45, 2.75) is 13.0 Å². The van der Waals surface area contributed by atoms with Crippen molar-refractivity contribution in [3.05, 3.63) is 68.1 Å². The van der Waals surface area contributed by atoms with Gasteiger partial charge in [0.05, 0.1) is 6.04 Å². The van der Waals surface area contributed by atoms with Gasteiger partial charge in [-0.1, -0.05) is 51.3 Å². The van der Waals surface area contributed by atoms with Gasteiger partial charge in [-0.05, 0) is 42.8 Å². The fraction of sp³-hybridized carbons (Fsp3) is 0.133. The summed E-state index contributed by atoms with van der Waals surface area (Å²) in [5.74, 6) is -0.148. The van der Waals surface area contributed by atoms with E-state index in [2.05, 4.69) is 21.2 Å². The molecule has 1 N–H and O–H groups in total. The van der Waals surface area contributed by atoms with Crippen molar-refractivity contribution in [2.24, 2.45) is 0 Å². The highest BCUT2D eigenvalue weighted by molar-refractivity contribution is 9.10. The molecule has 1 atom stereocenters. The Bertz CT molecular complexity index is 646. The summed E-state index contributed by atoms with van der Waals surface area (Å²) in [6.07, 6.45) is 0. The van der Waals surface area contributed by atoms with Crippen LogP contribution < -0.4 is 5.32 Å². The largest absolute Gasteiger partial charge is 0.345 e. The van der Waals surface area contributed by atoms with Gasteiger partial charge in [-0.2, -0.15) is 0 Å². The van der Waals surface area contributed by atoms with Crippen LogP contribution in [0.15, 0.2) is 46.9 Å². The van der Waals surface area contributed by atoms with E-state index >= 15 is 0 Å². The smallest absolute Gasteiger partial charge is 0.251 e. The lowest BCUT2D eigenvalue weighted by Crippen LogP contribution is -2.26. The van der Waals surface area contributed by atoms with E-state index in [9.17, 15) is 4.79 Å². The molecule has 20 heavy (non-hydrogen) atoms. The van der Waals surface area contributed by atoms with Crippen molar-refractivity contribution < 1.29 is 4.79 Å². The van der Waals surface area contributed by atoms with Crippen LogP contribution in [0, 0.1) is 0 Å². The van der Waals surface area contributed by atoms with Gasteiger partial charge in [0.25, 0.3) is 5.91 Å². The monoisotopic (exact) mass is 371 g/mol. The fourth-order valence-corrected chi connectivity index (χ4v) is 2.81. The zero-order valence-electron chi connectivity index (χ0n) is 10.7. The van der Waals surface area contributed by atoms with Crippen LogP contribution in [0.4, 0.5) is 0 Å². The van der Waals surface area contributed by atoms with Crippen molar-refractivity contribution in [3.63, 3.8) is 0 Å². The molecule has 0 spiro atoms. The first-order valence-electron chi connectivity index (χ1n) is 5.99. The number of hydrogen-bond acceptors (Lipinski definition) is 1. The Hall–Kier alpha value is -1.03. The van der Waals surface area contributed by atoms with Crippen LogP contribution in [0.25, 0.3) is 0 Å². The molecule has 1 unspecified atom stereocenters. The standard InChI is InChI=1S/C15H12BrCl2NO/c1-9(13-6-5-12(17)8-14(13)18)19-15(20)10-3-2-4-11(16)7-10/h2-9H,1H3,(H,19,20). The molecule has 2 aromatic rings. The molecule has 0 aliphatic carbocycles. The Morgan fingerprint density at radius 2 is 1.95 bits per heavy atom. The summed E-state index contributed by atoms with van der Waals surface area (Å²) in [5, 5.41) is 4.03. The second-order valence-corrected chi connectivity index (χ2v) is 6.13. The molecular formula is C15H12BrCl2NO. The topological polar surface area (TPSA) is 29.1 Å². The van der Waals surface area contributed by atoms with E-state index in [1.807, 2.05) is 25.1 Å². The van der Waals surface area contributed by atoms with E-state index in [4.69, 9.17) is 23.2 Å². The first kappa shape index (κ1) is 15.4. The molecule has 2 nitrogen and oxygen atoms in total. The Balaban J connectivity index is 2.15. The molecule has 0 bridgehead atoms. The van der Waals surface area contributed by atoms with Crippen LogP contribution >= 0.6 is 39.1 Å². The Morgan fingerprint density at radius 3 is 2.60 bits per heavy atom. The maximum Gasteiger partial charge on any atom is 0.251 e. The predicted molar refractivity (Wildman–Crippen MR) is 86.5 cm³/mol. The van der Waals surface area contributed by atoms with Crippen LogP contribution in [0.3, 0.4) is 0 Å². The van der Waals surface area contributed by atoms with Gasteiger partial charge >= 0.3 is 0 Å². The minimum atomic E-state index is -0.203. The maximum atomic E-state index is 12.2. The van der Waals surface area contributed by atoms with Gasteiger partial charge in [0.2, 0.25) is 0 Å². The quantitative estimate of drug-likeness (QED) is 0.783. The van der Waals surface area contributed by atoms with Gasteiger partial charge in [-0.25, -0.2) is 0 Å². The molecule has 0 heterocycles. The maximum absolute atomic E-state index is 12.2. The summed E-state index contributed by atoms with van der Waals surface area (Å²) < 4.78 is 0.863. The lowest BCUT2D eigenvalue weighted by molar-refractivity contribution is 0.0940. The number of halogens is 3. The highest BCUT2D eigenvalue weighted by atomic mass is 79.9. The summed E-state index contributed by atoms with van der Waals surface area (Å²) in [6, 6.07) is 12.3. The van der Waals surface area contributed by atoms with E-state index in [1.54, 1.807) is 24.3 Å². The fourth-order valence-electron chi connectivity index (χ4n) is 1.84. The molecule has 0 saturated carbocycles. The molecule has 2 aromatic carbocycles. The zero-order chi connectivity index (χ0) is 14.7. The van der Waals surface area contributed by atoms with Gasteiger partial charge in [0.1, 0.15) is 0 Å². The number of amides is 1.